The average Bonchev–Trinajstić information content (AvgIpc) is 2.70. The number of hydrogen-bond acceptors (Lipinski definition) is 1. The van der Waals surface area contributed by atoms with E-state index >= 15 is 0 Å². The van der Waals surface area contributed by atoms with Crippen molar-refractivity contribution in [3.63, 3.8) is 0 Å². The van der Waals surface area contributed by atoms with Crippen LogP contribution in [0.15, 0.2) is 72.8 Å². The molecule has 0 aliphatic heterocycles. The number of carbonyl (C=O) groups is 1. The number of benzene rings is 3. The number of carbonyl (C=O) groups excluding carboxylic acids is 1. The summed E-state index contributed by atoms with van der Waals surface area (Å²) in [7, 11) is 0. The third kappa shape index (κ3) is 2.27. The van der Waals surface area contributed by atoms with Gasteiger partial charge >= 0.3 is 0 Å². The van der Waals surface area contributed by atoms with E-state index in [1.807, 2.05) is 19.1 Å². The van der Waals surface area contributed by atoms with Crippen LogP contribution in [0, 0.1) is 11.2 Å². The van der Waals surface area contributed by atoms with Gasteiger partial charge in [0.05, 0.1) is 11.1 Å². The third-order valence-corrected chi connectivity index (χ3v) is 6.27. The minimum atomic E-state index is -0.629. The van der Waals surface area contributed by atoms with Gasteiger partial charge in [-0.25, -0.2) is 4.39 Å². The predicted molar refractivity (Wildman–Crippen MR) is 104 cm³/mol. The number of rotatable bonds is 2. The molecule has 1 atom stereocenters. The largest absolute Gasteiger partial charge is 0.323 e. The summed E-state index contributed by atoms with van der Waals surface area (Å²) in [4.78, 5) is 13.4. The van der Waals surface area contributed by atoms with E-state index in [4.69, 9.17) is 0 Å². The van der Waals surface area contributed by atoms with Crippen LogP contribution in [-0.4, -0.2) is 5.91 Å². The van der Waals surface area contributed by atoms with Crippen molar-refractivity contribution < 1.29 is 9.18 Å². The van der Waals surface area contributed by atoms with Gasteiger partial charge in [0.25, 0.3) is 0 Å². The van der Waals surface area contributed by atoms with Gasteiger partial charge in [0.15, 0.2) is 0 Å². The predicted octanol–water partition coefficient (Wildman–Crippen LogP) is 5.45. The number of hydrogen-bond donors (Lipinski definition) is 1. The molecule has 0 radical (unpaired) electrons. The Morgan fingerprint density at radius 1 is 0.889 bits per heavy atom. The van der Waals surface area contributed by atoms with Gasteiger partial charge in [-0.1, -0.05) is 60.7 Å². The summed E-state index contributed by atoms with van der Waals surface area (Å²) in [6.45, 7) is 2.02. The van der Waals surface area contributed by atoms with Crippen molar-refractivity contribution in [2.75, 3.05) is 5.32 Å². The lowest BCUT2D eigenvalue weighted by Gasteiger charge is -2.50. The second-order valence-electron chi connectivity index (χ2n) is 7.80. The summed E-state index contributed by atoms with van der Waals surface area (Å²) in [6, 6.07) is 23.2. The number of para-hydroxylation sites is 1. The van der Waals surface area contributed by atoms with Crippen molar-refractivity contribution in [1.29, 1.82) is 0 Å². The molecular weight excluding hydrogens is 337 g/mol. The zero-order chi connectivity index (χ0) is 18.6. The molecule has 134 valence electrons. The van der Waals surface area contributed by atoms with Gasteiger partial charge in [-0.2, -0.15) is 0 Å². The Hall–Kier alpha value is -2.94. The van der Waals surface area contributed by atoms with E-state index in [0.29, 0.717) is 0 Å². The molecule has 6 rings (SSSR count). The highest BCUT2D eigenvalue weighted by atomic mass is 19.1. The summed E-state index contributed by atoms with van der Waals surface area (Å²) in [5.41, 5.74) is 4.69. The monoisotopic (exact) mass is 357 g/mol. The van der Waals surface area contributed by atoms with Crippen molar-refractivity contribution in [2.45, 2.75) is 25.2 Å². The molecular formula is C24H20FNO. The van der Waals surface area contributed by atoms with E-state index in [2.05, 4.69) is 41.7 Å². The Kier molecular flexibility index (Phi) is 3.48. The topological polar surface area (TPSA) is 29.1 Å². The van der Waals surface area contributed by atoms with Crippen LogP contribution in [0.3, 0.4) is 0 Å². The first-order valence-electron chi connectivity index (χ1n) is 9.33. The second-order valence-corrected chi connectivity index (χ2v) is 7.80. The molecule has 2 nitrogen and oxygen atoms in total. The molecule has 27 heavy (non-hydrogen) atoms. The number of nitrogens with one attached hydrogen (secondary N) is 1. The zero-order valence-electron chi connectivity index (χ0n) is 15.1. The molecule has 1 unspecified atom stereocenters. The van der Waals surface area contributed by atoms with Gasteiger partial charge in [0.2, 0.25) is 5.91 Å². The van der Waals surface area contributed by atoms with Crippen LogP contribution < -0.4 is 5.32 Å². The molecule has 0 saturated carbocycles. The van der Waals surface area contributed by atoms with Crippen molar-refractivity contribution >= 4 is 11.6 Å². The fourth-order valence-electron chi connectivity index (χ4n) is 5.02. The molecule has 3 aliphatic carbocycles. The zero-order valence-corrected chi connectivity index (χ0v) is 15.1. The van der Waals surface area contributed by atoms with E-state index in [1.54, 1.807) is 18.2 Å². The molecule has 3 heteroatoms. The summed E-state index contributed by atoms with van der Waals surface area (Å²) in [6.07, 6.45) is 0.728. The summed E-state index contributed by atoms with van der Waals surface area (Å²) < 4.78 is 14.1. The molecule has 0 heterocycles. The molecule has 1 amide bonds. The highest BCUT2D eigenvalue weighted by Gasteiger charge is 2.53. The van der Waals surface area contributed by atoms with Crippen molar-refractivity contribution in [1.82, 2.24) is 0 Å². The molecule has 0 spiro atoms. The molecule has 3 aromatic carbocycles. The van der Waals surface area contributed by atoms with Crippen LogP contribution in [0.25, 0.3) is 0 Å². The van der Waals surface area contributed by atoms with Gasteiger partial charge in [0.1, 0.15) is 5.82 Å². The molecule has 0 aromatic heterocycles. The minimum Gasteiger partial charge on any atom is -0.323 e. The van der Waals surface area contributed by atoms with Gasteiger partial charge in [-0.3, -0.25) is 4.79 Å². The van der Waals surface area contributed by atoms with E-state index in [0.717, 1.165) is 6.42 Å². The van der Waals surface area contributed by atoms with Gasteiger partial charge in [-0.05, 0) is 47.7 Å². The van der Waals surface area contributed by atoms with Crippen LogP contribution in [0.4, 0.5) is 10.1 Å². The standard InChI is InChI=1S/C24H20FNO/c1-24(23(27)26-21-13-7-6-12-20(21)25)14-19-15-8-2-4-10-17(15)22(24)18-11-5-3-9-16(18)19/h2-13,19,22H,14H2,1H3,(H,26,27). The molecule has 0 fully saturated rings. The fourth-order valence-corrected chi connectivity index (χ4v) is 5.02. The van der Waals surface area contributed by atoms with Crippen LogP contribution >= 0.6 is 0 Å². The lowest BCUT2D eigenvalue weighted by molar-refractivity contribution is -0.126. The molecule has 3 aromatic rings. The summed E-state index contributed by atoms with van der Waals surface area (Å²) >= 11 is 0. The number of halogens is 1. The van der Waals surface area contributed by atoms with E-state index in [9.17, 15) is 9.18 Å². The van der Waals surface area contributed by atoms with E-state index in [1.165, 1.54) is 28.3 Å². The molecule has 3 aliphatic rings. The maximum Gasteiger partial charge on any atom is 0.231 e. The maximum atomic E-state index is 14.1. The number of amides is 1. The normalized spacial score (nSPS) is 24.8. The smallest absolute Gasteiger partial charge is 0.231 e. The van der Waals surface area contributed by atoms with Crippen molar-refractivity contribution in [3.05, 3.63) is 101 Å². The van der Waals surface area contributed by atoms with Crippen LogP contribution in [-0.2, 0) is 4.79 Å². The quantitative estimate of drug-likeness (QED) is 0.649. The average molecular weight is 357 g/mol. The highest BCUT2D eigenvalue weighted by Crippen LogP contribution is 2.61. The third-order valence-electron chi connectivity index (χ3n) is 6.27. The fraction of sp³-hybridized carbons (Fsp3) is 0.208. The second kappa shape index (κ2) is 5.78. The Balaban J connectivity index is 1.62. The van der Waals surface area contributed by atoms with E-state index in [-0.39, 0.29) is 23.4 Å². The Morgan fingerprint density at radius 2 is 1.41 bits per heavy atom. The lowest BCUT2D eigenvalue weighted by Crippen LogP contribution is -2.47. The number of fused-ring (bicyclic) bond motifs is 1. The Morgan fingerprint density at radius 3 is 2.00 bits per heavy atom. The Bertz CT molecular complexity index is 1010. The summed E-state index contributed by atoms with van der Waals surface area (Å²) in [5.74, 6) is -0.358. The lowest BCUT2D eigenvalue weighted by atomic mass is 9.52. The van der Waals surface area contributed by atoms with E-state index < -0.39 is 11.2 Å². The SMILES string of the molecule is CC1(C(=O)Nc2ccccc2F)CC2c3ccccc3C1c1ccccc12. The Labute approximate surface area is 158 Å². The first-order valence-corrected chi connectivity index (χ1v) is 9.33. The molecule has 1 N–H and O–H groups in total. The molecule has 2 bridgehead atoms. The first-order chi connectivity index (χ1) is 13.1. The van der Waals surface area contributed by atoms with Crippen molar-refractivity contribution in [2.24, 2.45) is 5.41 Å². The first kappa shape index (κ1) is 16.2. The van der Waals surface area contributed by atoms with Gasteiger partial charge in [0, 0.05) is 11.8 Å². The maximum absolute atomic E-state index is 14.1. The van der Waals surface area contributed by atoms with Gasteiger partial charge < -0.3 is 5.32 Å². The molecule has 0 saturated heterocycles. The summed E-state index contributed by atoms with van der Waals surface area (Å²) in [5, 5.41) is 2.85. The highest BCUT2D eigenvalue weighted by molar-refractivity contribution is 5.97. The van der Waals surface area contributed by atoms with Crippen LogP contribution in [0.1, 0.15) is 47.4 Å². The van der Waals surface area contributed by atoms with Crippen LogP contribution in [0.2, 0.25) is 0 Å². The van der Waals surface area contributed by atoms with Gasteiger partial charge in [-0.15, -0.1) is 0 Å². The van der Waals surface area contributed by atoms with Crippen LogP contribution in [0.5, 0.6) is 0 Å². The van der Waals surface area contributed by atoms with Crippen molar-refractivity contribution in [3.8, 4) is 0 Å². The minimum absolute atomic E-state index is 0.0262. The number of anilines is 1.